The highest BCUT2D eigenvalue weighted by atomic mass is 32.2. The van der Waals surface area contributed by atoms with Crippen LogP contribution in [0.3, 0.4) is 0 Å². The number of amides is 1. The van der Waals surface area contributed by atoms with E-state index in [1.807, 2.05) is 0 Å². The van der Waals surface area contributed by atoms with E-state index in [-0.39, 0.29) is 29.3 Å². The minimum atomic E-state index is -4.41. The second kappa shape index (κ2) is 9.57. The third-order valence-corrected chi connectivity index (χ3v) is 5.06. The fraction of sp³-hybridized carbons (Fsp3) is 0.211. The van der Waals surface area contributed by atoms with Gasteiger partial charge in [-0.25, -0.2) is 13.1 Å². The van der Waals surface area contributed by atoms with Crippen LogP contribution in [0.5, 0.6) is 5.75 Å². The van der Waals surface area contributed by atoms with Gasteiger partial charge >= 0.3 is 6.18 Å². The molecule has 2 rings (SSSR count). The van der Waals surface area contributed by atoms with Crippen LogP contribution in [0, 0.1) is 0 Å². The van der Waals surface area contributed by atoms with Crippen molar-refractivity contribution < 1.29 is 31.1 Å². The first-order chi connectivity index (χ1) is 13.6. The van der Waals surface area contributed by atoms with E-state index in [1.165, 1.54) is 54.6 Å². The van der Waals surface area contributed by atoms with Crippen LogP contribution < -0.4 is 14.8 Å². The Kier molecular flexibility index (Phi) is 7.40. The Hall–Kier alpha value is -2.85. The zero-order valence-corrected chi connectivity index (χ0v) is 16.0. The number of rotatable bonds is 9. The summed E-state index contributed by atoms with van der Waals surface area (Å²) in [5.41, 5.74) is 0.920. The first kappa shape index (κ1) is 22.4. The van der Waals surface area contributed by atoms with Gasteiger partial charge in [-0.3, -0.25) is 4.79 Å². The summed E-state index contributed by atoms with van der Waals surface area (Å²) in [5, 5.41) is 2.65. The van der Waals surface area contributed by atoms with Gasteiger partial charge < -0.3 is 10.1 Å². The Morgan fingerprint density at radius 2 is 1.69 bits per heavy atom. The first-order valence-corrected chi connectivity index (χ1v) is 9.86. The van der Waals surface area contributed by atoms with E-state index >= 15 is 0 Å². The molecule has 29 heavy (non-hydrogen) atoms. The van der Waals surface area contributed by atoms with Gasteiger partial charge in [-0.05, 0) is 42.0 Å². The van der Waals surface area contributed by atoms with Crippen molar-refractivity contribution in [3.8, 4) is 5.75 Å². The first-order valence-electron chi connectivity index (χ1n) is 8.38. The molecule has 0 spiro atoms. The molecule has 1 amide bonds. The van der Waals surface area contributed by atoms with Crippen molar-refractivity contribution in [2.24, 2.45) is 0 Å². The summed E-state index contributed by atoms with van der Waals surface area (Å²) < 4.78 is 67.3. The molecule has 0 aliphatic heterocycles. The molecule has 0 aliphatic carbocycles. The normalized spacial score (nSPS) is 11.7. The lowest BCUT2D eigenvalue weighted by molar-refractivity contribution is -0.153. The number of carbonyl (C=O) groups is 1. The summed E-state index contributed by atoms with van der Waals surface area (Å²) in [6.07, 6.45) is -3.00. The summed E-state index contributed by atoms with van der Waals surface area (Å²) in [6.45, 7) is 2.28. The zero-order chi connectivity index (χ0) is 21.5. The quantitative estimate of drug-likeness (QED) is 0.602. The highest BCUT2D eigenvalue weighted by Crippen LogP contribution is 2.19. The van der Waals surface area contributed by atoms with Gasteiger partial charge in [0.1, 0.15) is 5.75 Å². The maximum Gasteiger partial charge on any atom is 0.422 e. The Balaban J connectivity index is 1.91. The van der Waals surface area contributed by atoms with E-state index in [0.29, 0.717) is 5.56 Å². The van der Waals surface area contributed by atoms with Crippen LogP contribution in [-0.4, -0.2) is 33.7 Å². The molecule has 156 valence electrons. The van der Waals surface area contributed by atoms with Gasteiger partial charge in [-0.15, -0.1) is 6.58 Å². The predicted octanol–water partition coefficient (Wildman–Crippen LogP) is 3.02. The Bertz CT molecular complexity index is 941. The summed E-state index contributed by atoms with van der Waals surface area (Å²) in [4.78, 5) is 12.2. The molecule has 0 bridgehead atoms. The minimum absolute atomic E-state index is 0.0188. The van der Waals surface area contributed by atoms with Gasteiger partial charge in [-0.2, -0.15) is 13.2 Å². The highest BCUT2D eigenvalue weighted by Gasteiger charge is 2.28. The van der Waals surface area contributed by atoms with Crippen molar-refractivity contribution in [3.63, 3.8) is 0 Å². The number of sulfonamides is 1. The number of carbonyl (C=O) groups excluding carboxylic acids is 1. The van der Waals surface area contributed by atoms with Crippen LogP contribution in [0.4, 0.5) is 13.2 Å². The zero-order valence-electron chi connectivity index (χ0n) is 15.2. The molecule has 2 N–H and O–H groups in total. The molecule has 0 heterocycles. The second-order valence-electron chi connectivity index (χ2n) is 5.90. The monoisotopic (exact) mass is 428 g/mol. The van der Waals surface area contributed by atoms with E-state index in [9.17, 15) is 26.4 Å². The fourth-order valence-corrected chi connectivity index (χ4v) is 3.19. The molecule has 2 aromatic carbocycles. The lowest BCUT2D eigenvalue weighted by Crippen LogP contribution is -2.24. The number of hydrogen-bond donors (Lipinski definition) is 2. The molecule has 6 nitrogen and oxygen atoms in total. The third-order valence-electron chi connectivity index (χ3n) is 3.62. The molecular weight excluding hydrogens is 409 g/mol. The van der Waals surface area contributed by atoms with Crippen molar-refractivity contribution >= 4 is 15.9 Å². The van der Waals surface area contributed by atoms with E-state index in [4.69, 9.17) is 0 Å². The molecule has 0 atom stereocenters. The molecule has 0 aliphatic rings. The van der Waals surface area contributed by atoms with E-state index in [1.54, 1.807) is 0 Å². The van der Waals surface area contributed by atoms with Crippen LogP contribution in [0.25, 0.3) is 0 Å². The Morgan fingerprint density at radius 3 is 2.24 bits per heavy atom. The van der Waals surface area contributed by atoms with Crippen molar-refractivity contribution in [1.29, 1.82) is 0 Å². The van der Waals surface area contributed by atoms with Crippen LogP contribution in [0.15, 0.2) is 66.1 Å². The number of ether oxygens (including phenoxy) is 1. The summed E-state index contributed by atoms with van der Waals surface area (Å²) >= 11 is 0. The average Bonchev–Trinajstić information content (AvgIpc) is 2.69. The molecule has 2 aromatic rings. The molecule has 0 saturated heterocycles. The van der Waals surface area contributed by atoms with Gasteiger partial charge in [-0.1, -0.05) is 18.2 Å². The number of nitrogens with one attached hydrogen (secondary N) is 2. The lowest BCUT2D eigenvalue weighted by atomic mass is 10.2. The summed E-state index contributed by atoms with van der Waals surface area (Å²) in [6, 6.07) is 11.2. The van der Waals surface area contributed by atoms with Crippen molar-refractivity contribution in [1.82, 2.24) is 10.0 Å². The molecule has 0 unspecified atom stereocenters. The van der Waals surface area contributed by atoms with E-state index < -0.39 is 28.7 Å². The SMILES string of the molecule is C=CCNS(=O)(=O)c1ccc(C(=O)NCc2ccc(OCC(F)(F)F)cc2)cc1. The number of benzene rings is 2. The minimum Gasteiger partial charge on any atom is -0.484 e. The molecule has 0 saturated carbocycles. The fourth-order valence-electron chi connectivity index (χ4n) is 2.19. The van der Waals surface area contributed by atoms with Crippen molar-refractivity contribution in [3.05, 3.63) is 72.3 Å². The lowest BCUT2D eigenvalue weighted by Gasteiger charge is -2.10. The highest BCUT2D eigenvalue weighted by molar-refractivity contribution is 7.89. The number of halogens is 3. The number of alkyl halides is 3. The maximum atomic E-state index is 12.2. The molecule has 10 heteroatoms. The molecule has 0 radical (unpaired) electrons. The maximum absolute atomic E-state index is 12.2. The topological polar surface area (TPSA) is 84.5 Å². The molecule has 0 aromatic heterocycles. The summed E-state index contributed by atoms with van der Waals surface area (Å²) in [5.74, 6) is -0.357. The van der Waals surface area contributed by atoms with Crippen LogP contribution in [0.2, 0.25) is 0 Å². The van der Waals surface area contributed by atoms with Gasteiger partial charge in [0.15, 0.2) is 6.61 Å². The van der Waals surface area contributed by atoms with E-state index in [0.717, 1.165) is 0 Å². The van der Waals surface area contributed by atoms with Crippen molar-refractivity contribution in [2.75, 3.05) is 13.2 Å². The van der Waals surface area contributed by atoms with Crippen LogP contribution >= 0.6 is 0 Å². The van der Waals surface area contributed by atoms with Gasteiger partial charge in [0.2, 0.25) is 10.0 Å². The standard InChI is InChI=1S/C19H19F3N2O4S/c1-2-11-24-29(26,27)17-9-5-15(6-10-17)18(25)23-12-14-3-7-16(8-4-14)28-13-19(20,21)22/h2-10,24H,1,11-13H2,(H,23,25). The number of hydrogen-bond acceptors (Lipinski definition) is 4. The van der Waals surface area contributed by atoms with Gasteiger partial charge in [0.05, 0.1) is 4.90 Å². The van der Waals surface area contributed by atoms with Crippen molar-refractivity contribution in [2.45, 2.75) is 17.6 Å². The molecular formula is C19H19F3N2O4S. The van der Waals surface area contributed by atoms with Crippen LogP contribution in [0.1, 0.15) is 15.9 Å². The summed E-state index contributed by atoms with van der Waals surface area (Å²) in [7, 11) is -3.67. The Morgan fingerprint density at radius 1 is 1.07 bits per heavy atom. The van der Waals surface area contributed by atoms with Crippen LogP contribution in [-0.2, 0) is 16.6 Å². The predicted molar refractivity (Wildman–Crippen MR) is 101 cm³/mol. The Labute approximate surface area is 166 Å². The van der Waals surface area contributed by atoms with Gasteiger partial charge in [0.25, 0.3) is 5.91 Å². The largest absolute Gasteiger partial charge is 0.484 e. The van der Waals surface area contributed by atoms with E-state index in [2.05, 4.69) is 21.4 Å². The van der Waals surface area contributed by atoms with Gasteiger partial charge in [0, 0.05) is 18.7 Å². The second-order valence-corrected chi connectivity index (χ2v) is 7.66. The smallest absolute Gasteiger partial charge is 0.422 e. The third kappa shape index (κ3) is 7.24. The molecule has 0 fully saturated rings. The average molecular weight is 428 g/mol.